The van der Waals surface area contributed by atoms with Gasteiger partial charge in [-0.3, -0.25) is 0 Å². The Kier molecular flexibility index (Phi) is 11.1. The van der Waals surface area contributed by atoms with E-state index in [0.29, 0.717) is 12.3 Å². The van der Waals surface area contributed by atoms with E-state index in [2.05, 4.69) is 20.2 Å². The van der Waals surface area contributed by atoms with Gasteiger partial charge >= 0.3 is 6.03 Å². The highest BCUT2D eigenvalue weighted by atomic mass is 16.6. The van der Waals surface area contributed by atoms with Crippen LogP contribution in [0.5, 0.6) is 0 Å². The second kappa shape index (κ2) is 14.0. The first-order valence-electron chi connectivity index (χ1n) is 13.4. The molecule has 2 aliphatic rings. The van der Waals surface area contributed by atoms with Crippen LogP contribution < -0.4 is 10.6 Å². The van der Waals surface area contributed by atoms with Crippen molar-refractivity contribution in [1.29, 1.82) is 0 Å². The molecule has 1 saturated heterocycles. The van der Waals surface area contributed by atoms with E-state index >= 15 is 0 Å². The number of imidazole rings is 1. The number of carbonyl (C=O) groups excluding carboxylic acids is 1. The number of methoxy groups -OCH3 is 1. The monoisotopic (exact) mass is 477 g/mol. The van der Waals surface area contributed by atoms with E-state index in [1.165, 1.54) is 39.2 Å². The predicted octanol–water partition coefficient (Wildman–Crippen LogP) is 3.62. The smallest absolute Gasteiger partial charge is 0.317 e. The molecule has 1 saturated carbocycles. The Morgan fingerprint density at radius 1 is 1.24 bits per heavy atom. The number of rotatable bonds is 12. The number of likely N-dealkylation sites (N-methyl/N-ethyl adjacent to an activating group) is 1. The SMILES string of the molecule is CNCC(CC1CCCCC1)NC(=O)N1CCCC(C(CCCC(O)OC)c2nccn2C)C1. The van der Waals surface area contributed by atoms with Gasteiger partial charge in [0.2, 0.25) is 0 Å². The van der Waals surface area contributed by atoms with Crippen LogP contribution in [-0.2, 0) is 11.8 Å². The van der Waals surface area contributed by atoms with Crippen LogP contribution in [0.1, 0.15) is 82.4 Å². The maximum atomic E-state index is 13.3. The molecule has 0 bridgehead atoms. The number of aliphatic hydroxyl groups excluding tert-OH is 1. The standard InChI is InChI=1S/C26H47N5O3/c1-27-18-22(17-20-9-5-4-6-10-20)29-26(33)31-15-8-11-21(19-31)23(12-7-13-24(32)34-3)25-28-14-16-30(25)2/h14,16,20-24,27,32H,4-13,15,17-19H2,1-3H3,(H,29,33). The van der Waals surface area contributed by atoms with Gasteiger partial charge < -0.3 is 29.9 Å². The number of urea groups is 1. The van der Waals surface area contributed by atoms with Gasteiger partial charge in [0.25, 0.3) is 0 Å². The minimum Gasteiger partial charge on any atom is -0.368 e. The van der Waals surface area contributed by atoms with E-state index in [-0.39, 0.29) is 18.0 Å². The number of amides is 2. The van der Waals surface area contributed by atoms with Gasteiger partial charge in [-0.25, -0.2) is 9.78 Å². The van der Waals surface area contributed by atoms with Crippen molar-refractivity contribution in [2.75, 3.05) is 33.8 Å². The van der Waals surface area contributed by atoms with Gasteiger partial charge in [-0.15, -0.1) is 0 Å². The zero-order valence-corrected chi connectivity index (χ0v) is 21.5. The van der Waals surface area contributed by atoms with E-state index in [4.69, 9.17) is 4.74 Å². The first-order chi connectivity index (χ1) is 16.5. The van der Waals surface area contributed by atoms with Gasteiger partial charge in [-0.2, -0.15) is 0 Å². The van der Waals surface area contributed by atoms with Crippen LogP contribution in [0.25, 0.3) is 0 Å². The molecule has 4 atom stereocenters. The van der Waals surface area contributed by atoms with Crippen molar-refractivity contribution in [3.63, 3.8) is 0 Å². The number of nitrogens with zero attached hydrogens (tertiary/aromatic N) is 3. The lowest BCUT2D eigenvalue weighted by atomic mass is 9.81. The van der Waals surface area contributed by atoms with E-state index in [0.717, 1.165) is 63.5 Å². The Morgan fingerprint density at radius 3 is 2.71 bits per heavy atom. The molecule has 1 aliphatic heterocycles. The highest BCUT2D eigenvalue weighted by molar-refractivity contribution is 5.74. The maximum Gasteiger partial charge on any atom is 0.317 e. The third-order valence-electron chi connectivity index (χ3n) is 7.86. The minimum atomic E-state index is -0.719. The number of hydrogen-bond acceptors (Lipinski definition) is 5. The van der Waals surface area contributed by atoms with Gasteiger partial charge in [-0.05, 0) is 57.4 Å². The van der Waals surface area contributed by atoms with Crippen LogP contribution >= 0.6 is 0 Å². The summed E-state index contributed by atoms with van der Waals surface area (Å²) in [6.45, 7) is 2.39. The summed E-state index contributed by atoms with van der Waals surface area (Å²) in [6, 6.07) is 0.260. The molecule has 3 N–H and O–H groups in total. The summed E-state index contributed by atoms with van der Waals surface area (Å²) >= 11 is 0. The van der Waals surface area contributed by atoms with Crippen LogP contribution in [0.3, 0.4) is 0 Å². The number of aryl methyl sites for hydroxylation is 1. The number of aromatic nitrogens is 2. The Balaban J connectivity index is 1.60. The van der Waals surface area contributed by atoms with Gasteiger partial charge in [0.1, 0.15) is 5.82 Å². The number of piperidine rings is 1. The lowest BCUT2D eigenvalue weighted by Gasteiger charge is -2.38. The lowest BCUT2D eigenvalue weighted by molar-refractivity contribution is -0.0797. The number of nitrogens with one attached hydrogen (secondary N) is 2. The number of aliphatic hydroxyl groups is 1. The molecule has 2 fully saturated rings. The minimum absolute atomic E-state index is 0.0779. The fourth-order valence-corrected chi connectivity index (χ4v) is 5.99. The first kappa shape index (κ1) is 27.0. The van der Waals surface area contributed by atoms with Crippen LogP contribution in [0, 0.1) is 11.8 Å². The molecule has 2 heterocycles. The summed E-state index contributed by atoms with van der Waals surface area (Å²) in [6.07, 6.45) is 15.3. The zero-order chi connectivity index (χ0) is 24.3. The van der Waals surface area contributed by atoms with Crippen molar-refractivity contribution in [3.8, 4) is 0 Å². The van der Waals surface area contributed by atoms with Crippen LogP contribution in [0.4, 0.5) is 4.79 Å². The van der Waals surface area contributed by atoms with Crippen molar-refractivity contribution in [1.82, 2.24) is 25.1 Å². The summed E-state index contributed by atoms with van der Waals surface area (Å²) in [7, 11) is 5.54. The Hall–Kier alpha value is -1.64. The highest BCUT2D eigenvalue weighted by Gasteiger charge is 2.33. The largest absolute Gasteiger partial charge is 0.368 e. The molecule has 1 aliphatic carbocycles. The average molecular weight is 478 g/mol. The topological polar surface area (TPSA) is 91.7 Å². The molecule has 2 amide bonds. The summed E-state index contributed by atoms with van der Waals surface area (Å²) in [5, 5.41) is 16.5. The van der Waals surface area contributed by atoms with Crippen molar-refractivity contribution in [2.45, 2.75) is 88.9 Å². The number of hydrogen-bond donors (Lipinski definition) is 3. The number of ether oxygens (including phenoxy) is 1. The van der Waals surface area contributed by atoms with E-state index < -0.39 is 6.29 Å². The van der Waals surface area contributed by atoms with E-state index in [1.807, 2.05) is 31.4 Å². The molecule has 4 unspecified atom stereocenters. The molecular formula is C26H47N5O3. The zero-order valence-electron chi connectivity index (χ0n) is 21.5. The first-order valence-corrected chi connectivity index (χ1v) is 13.4. The number of carbonyl (C=O) groups is 1. The van der Waals surface area contributed by atoms with Crippen LogP contribution in [0.2, 0.25) is 0 Å². The van der Waals surface area contributed by atoms with Gasteiger partial charge in [-0.1, -0.05) is 32.1 Å². The lowest BCUT2D eigenvalue weighted by Crippen LogP contribution is -2.51. The fourth-order valence-electron chi connectivity index (χ4n) is 5.99. The Labute approximate surface area is 205 Å². The molecule has 3 rings (SSSR count). The molecule has 0 radical (unpaired) electrons. The summed E-state index contributed by atoms with van der Waals surface area (Å²) in [4.78, 5) is 20.0. The predicted molar refractivity (Wildman–Crippen MR) is 135 cm³/mol. The molecule has 0 spiro atoms. The Bertz CT molecular complexity index is 721. The maximum absolute atomic E-state index is 13.3. The summed E-state index contributed by atoms with van der Waals surface area (Å²) < 4.78 is 7.12. The Morgan fingerprint density at radius 2 is 2.03 bits per heavy atom. The van der Waals surface area contributed by atoms with Gasteiger partial charge in [0, 0.05) is 58.1 Å². The van der Waals surface area contributed by atoms with Crippen molar-refractivity contribution in [3.05, 3.63) is 18.2 Å². The van der Waals surface area contributed by atoms with Crippen molar-refractivity contribution >= 4 is 6.03 Å². The van der Waals surface area contributed by atoms with Gasteiger partial charge in [0.15, 0.2) is 6.29 Å². The third-order valence-corrected chi connectivity index (χ3v) is 7.86. The van der Waals surface area contributed by atoms with Gasteiger partial charge in [0.05, 0.1) is 0 Å². The molecule has 0 aromatic carbocycles. The molecule has 1 aromatic heterocycles. The normalized spacial score (nSPS) is 22.4. The van der Waals surface area contributed by atoms with Crippen LogP contribution in [-0.4, -0.2) is 71.7 Å². The summed E-state index contributed by atoms with van der Waals surface area (Å²) in [5.41, 5.74) is 0. The molecule has 34 heavy (non-hydrogen) atoms. The van der Waals surface area contributed by atoms with Crippen molar-refractivity contribution < 1.29 is 14.6 Å². The molecular weight excluding hydrogens is 430 g/mol. The van der Waals surface area contributed by atoms with E-state index in [9.17, 15) is 9.90 Å². The average Bonchev–Trinajstić information content (AvgIpc) is 3.27. The fraction of sp³-hybridized carbons (Fsp3) is 0.846. The number of likely N-dealkylation sites (tertiary alicyclic amines) is 1. The molecule has 194 valence electrons. The highest BCUT2D eigenvalue weighted by Crippen LogP contribution is 2.35. The molecule has 8 heteroatoms. The molecule has 1 aromatic rings. The summed E-state index contributed by atoms with van der Waals surface area (Å²) in [5.74, 6) is 2.43. The third kappa shape index (κ3) is 7.95. The van der Waals surface area contributed by atoms with Crippen molar-refractivity contribution in [2.24, 2.45) is 18.9 Å². The second-order valence-corrected chi connectivity index (χ2v) is 10.4. The second-order valence-electron chi connectivity index (χ2n) is 10.4. The van der Waals surface area contributed by atoms with Crippen LogP contribution in [0.15, 0.2) is 12.4 Å². The van der Waals surface area contributed by atoms with E-state index in [1.54, 1.807) is 0 Å². The molecule has 8 nitrogen and oxygen atoms in total. The quantitative estimate of drug-likeness (QED) is 0.400.